The summed E-state index contributed by atoms with van der Waals surface area (Å²) in [7, 11) is 0. The lowest BCUT2D eigenvalue weighted by Gasteiger charge is -2.09. The van der Waals surface area contributed by atoms with Gasteiger partial charge in [0.2, 0.25) is 5.91 Å². The average Bonchev–Trinajstić information content (AvgIpc) is 2.90. The molecule has 0 bridgehead atoms. The zero-order valence-corrected chi connectivity index (χ0v) is 8.65. The summed E-state index contributed by atoms with van der Waals surface area (Å²) in [6.07, 6.45) is 6.34. The number of nitrogens with zero attached hydrogens (tertiary/aromatic N) is 2. The molecule has 1 fully saturated rings. The average molecular weight is 208 g/mol. The Balaban J connectivity index is 1.67. The van der Waals surface area contributed by atoms with Gasteiger partial charge in [0.15, 0.2) is 0 Å². The standard InChI is InChI=1S/C10H16N4O/c15-10(9-1-2-11-7-9)13-4-6-14-5-3-12-8-14/h3,5,8-9,11H,1-2,4,6-7H2,(H,13,15)/t9-/m0/s1. The number of nitrogens with one attached hydrogen (secondary N) is 2. The molecular weight excluding hydrogens is 192 g/mol. The maximum absolute atomic E-state index is 11.6. The van der Waals surface area contributed by atoms with Crippen molar-refractivity contribution in [1.29, 1.82) is 0 Å². The summed E-state index contributed by atoms with van der Waals surface area (Å²) in [4.78, 5) is 15.5. The minimum Gasteiger partial charge on any atom is -0.354 e. The van der Waals surface area contributed by atoms with E-state index in [-0.39, 0.29) is 11.8 Å². The lowest BCUT2D eigenvalue weighted by Crippen LogP contribution is -2.33. The second-order valence-corrected chi connectivity index (χ2v) is 3.78. The second kappa shape index (κ2) is 4.93. The quantitative estimate of drug-likeness (QED) is 0.708. The molecule has 2 heterocycles. The number of amides is 1. The summed E-state index contributed by atoms with van der Waals surface area (Å²) < 4.78 is 1.95. The first kappa shape index (κ1) is 10.2. The minimum atomic E-state index is 0.160. The fraction of sp³-hybridized carbons (Fsp3) is 0.600. The van der Waals surface area contributed by atoms with Crippen molar-refractivity contribution in [3.63, 3.8) is 0 Å². The van der Waals surface area contributed by atoms with Crippen LogP contribution in [0.3, 0.4) is 0 Å². The van der Waals surface area contributed by atoms with Crippen LogP contribution in [0.2, 0.25) is 0 Å². The van der Waals surface area contributed by atoms with Crippen LogP contribution in [0.1, 0.15) is 6.42 Å². The van der Waals surface area contributed by atoms with Gasteiger partial charge in [-0.15, -0.1) is 0 Å². The van der Waals surface area contributed by atoms with Crippen LogP contribution >= 0.6 is 0 Å². The number of hydrogen-bond donors (Lipinski definition) is 2. The fourth-order valence-corrected chi connectivity index (χ4v) is 1.75. The second-order valence-electron chi connectivity index (χ2n) is 3.78. The van der Waals surface area contributed by atoms with E-state index in [0.29, 0.717) is 6.54 Å². The topological polar surface area (TPSA) is 59.0 Å². The van der Waals surface area contributed by atoms with Crippen molar-refractivity contribution in [2.75, 3.05) is 19.6 Å². The molecule has 1 aliphatic heterocycles. The lowest BCUT2D eigenvalue weighted by molar-refractivity contribution is -0.124. The van der Waals surface area contributed by atoms with E-state index in [4.69, 9.17) is 0 Å². The van der Waals surface area contributed by atoms with Gasteiger partial charge in [-0.05, 0) is 13.0 Å². The third-order valence-electron chi connectivity index (χ3n) is 2.66. The van der Waals surface area contributed by atoms with E-state index in [1.54, 1.807) is 12.5 Å². The van der Waals surface area contributed by atoms with Gasteiger partial charge >= 0.3 is 0 Å². The van der Waals surface area contributed by atoms with E-state index in [0.717, 1.165) is 26.1 Å². The zero-order valence-electron chi connectivity index (χ0n) is 8.65. The molecule has 0 unspecified atom stereocenters. The Kier molecular flexibility index (Phi) is 3.34. The monoisotopic (exact) mass is 208 g/mol. The Morgan fingerprint density at radius 1 is 1.67 bits per heavy atom. The molecule has 2 rings (SSSR count). The van der Waals surface area contributed by atoms with Gasteiger partial charge in [0.05, 0.1) is 12.2 Å². The van der Waals surface area contributed by atoms with Crippen molar-refractivity contribution in [2.24, 2.45) is 5.92 Å². The van der Waals surface area contributed by atoms with Gasteiger partial charge in [-0.2, -0.15) is 0 Å². The molecule has 1 aliphatic rings. The Hall–Kier alpha value is -1.36. The molecule has 1 atom stereocenters. The van der Waals surface area contributed by atoms with Gasteiger partial charge in [0.1, 0.15) is 0 Å². The molecule has 2 N–H and O–H groups in total. The Bertz CT molecular complexity index is 303. The molecule has 5 nitrogen and oxygen atoms in total. The van der Waals surface area contributed by atoms with E-state index in [2.05, 4.69) is 15.6 Å². The predicted octanol–water partition coefficient (Wildman–Crippen LogP) is -0.391. The van der Waals surface area contributed by atoms with Crippen molar-refractivity contribution in [2.45, 2.75) is 13.0 Å². The lowest BCUT2D eigenvalue weighted by atomic mass is 10.1. The van der Waals surface area contributed by atoms with Crippen molar-refractivity contribution in [3.05, 3.63) is 18.7 Å². The van der Waals surface area contributed by atoms with E-state index in [1.165, 1.54) is 0 Å². The molecule has 0 radical (unpaired) electrons. The highest BCUT2D eigenvalue weighted by Crippen LogP contribution is 2.06. The normalized spacial score (nSPS) is 20.4. The van der Waals surface area contributed by atoms with E-state index >= 15 is 0 Å². The van der Waals surface area contributed by atoms with Crippen LogP contribution in [0.15, 0.2) is 18.7 Å². The summed E-state index contributed by atoms with van der Waals surface area (Å²) >= 11 is 0. The largest absolute Gasteiger partial charge is 0.354 e. The molecule has 15 heavy (non-hydrogen) atoms. The molecular formula is C10H16N4O. The van der Waals surface area contributed by atoms with Gasteiger partial charge in [-0.25, -0.2) is 4.98 Å². The zero-order chi connectivity index (χ0) is 10.5. The first-order chi connectivity index (χ1) is 7.36. The third-order valence-corrected chi connectivity index (χ3v) is 2.66. The predicted molar refractivity (Wildman–Crippen MR) is 56.2 cm³/mol. The number of hydrogen-bond acceptors (Lipinski definition) is 3. The number of carbonyl (C=O) groups is 1. The summed E-state index contributed by atoms with van der Waals surface area (Å²) in [6.45, 7) is 3.23. The summed E-state index contributed by atoms with van der Waals surface area (Å²) in [6, 6.07) is 0. The SMILES string of the molecule is O=C(NCCn1ccnc1)[C@H]1CCNC1. The van der Waals surface area contributed by atoms with Crippen molar-refractivity contribution >= 4 is 5.91 Å². The van der Waals surface area contributed by atoms with E-state index < -0.39 is 0 Å². The van der Waals surface area contributed by atoms with Crippen molar-refractivity contribution in [3.8, 4) is 0 Å². The smallest absolute Gasteiger partial charge is 0.224 e. The molecule has 1 amide bonds. The number of carbonyl (C=O) groups excluding carboxylic acids is 1. The summed E-state index contributed by atoms with van der Waals surface area (Å²) in [5.41, 5.74) is 0. The maximum Gasteiger partial charge on any atom is 0.224 e. The van der Waals surface area contributed by atoms with Gasteiger partial charge in [0, 0.05) is 32.0 Å². The summed E-state index contributed by atoms with van der Waals surface area (Å²) in [5, 5.41) is 6.12. The van der Waals surface area contributed by atoms with Crippen LogP contribution in [-0.4, -0.2) is 35.1 Å². The maximum atomic E-state index is 11.6. The molecule has 0 spiro atoms. The van der Waals surface area contributed by atoms with Gasteiger partial charge < -0.3 is 15.2 Å². The van der Waals surface area contributed by atoms with E-state index in [1.807, 2.05) is 10.8 Å². The Morgan fingerprint density at radius 3 is 3.27 bits per heavy atom. The third kappa shape index (κ3) is 2.79. The van der Waals surface area contributed by atoms with Gasteiger partial charge in [-0.1, -0.05) is 0 Å². The van der Waals surface area contributed by atoms with Crippen molar-refractivity contribution < 1.29 is 4.79 Å². The highest BCUT2D eigenvalue weighted by atomic mass is 16.1. The van der Waals surface area contributed by atoms with Crippen LogP contribution in [0.25, 0.3) is 0 Å². The van der Waals surface area contributed by atoms with Gasteiger partial charge in [-0.3, -0.25) is 4.79 Å². The van der Waals surface area contributed by atoms with Crippen LogP contribution in [0, 0.1) is 5.92 Å². The van der Waals surface area contributed by atoms with E-state index in [9.17, 15) is 4.79 Å². The highest BCUT2D eigenvalue weighted by molar-refractivity contribution is 5.79. The van der Waals surface area contributed by atoms with Crippen LogP contribution in [-0.2, 0) is 11.3 Å². The molecule has 1 aromatic heterocycles. The Labute approximate surface area is 88.9 Å². The number of rotatable bonds is 4. The first-order valence-electron chi connectivity index (χ1n) is 5.30. The molecule has 0 aromatic carbocycles. The minimum absolute atomic E-state index is 0.160. The fourth-order valence-electron chi connectivity index (χ4n) is 1.75. The van der Waals surface area contributed by atoms with Crippen LogP contribution in [0.5, 0.6) is 0 Å². The highest BCUT2D eigenvalue weighted by Gasteiger charge is 2.21. The molecule has 82 valence electrons. The first-order valence-corrected chi connectivity index (χ1v) is 5.30. The number of imidazole rings is 1. The summed E-state index contributed by atoms with van der Waals surface area (Å²) in [5.74, 6) is 0.327. The molecule has 1 saturated heterocycles. The number of aromatic nitrogens is 2. The van der Waals surface area contributed by atoms with Gasteiger partial charge in [0.25, 0.3) is 0 Å². The van der Waals surface area contributed by atoms with Crippen LogP contribution < -0.4 is 10.6 Å². The van der Waals surface area contributed by atoms with Crippen molar-refractivity contribution in [1.82, 2.24) is 20.2 Å². The molecule has 5 heteroatoms. The molecule has 0 saturated carbocycles. The molecule has 0 aliphatic carbocycles. The Morgan fingerprint density at radius 2 is 2.60 bits per heavy atom. The molecule has 1 aromatic rings. The van der Waals surface area contributed by atoms with Crippen LogP contribution in [0.4, 0.5) is 0 Å².